The van der Waals surface area contributed by atoms with E-state index in [1.54, 1.807) is 6.92 Å². The maximum atomic E-state index is 12.3. The quantitative estimate of drug-likeness (QED) is 0.705. The number of hydrogen-bond acceptors (Lipinski definition) is 7. The fraction of sp³-hybridized carbons (Fsp3) is 0.389. The molecular formula is C18H21NO6S. The molecule has 0 aliphatic carbocycles. The SMILES string of the molecule is CCOC(=O)c1c(CC(C)C)csc1NC(=O)COC(=O)c1ccoc1. The van der Waals surface area contributed by atoms with Crippen molar-refractivity contribution in [1.29, 1.82) is 0 Å². The number of rotatable bonds is 8. The lowest BCUT2D eigenvalue weighted by Crippen LogP contribution is -2.21. The molecule has 0 unspecified atom stereocenters. The Kier molecular flexibility index (Phi) is 6.97. The third-order valence-corrected chi connectivity index (χ3v) is 4.26. The van der Waals surface area contributed by atoms with Crippen LogP contribution in [0.5, 0.6) is 0 Å². The fourth-order valence-electron chi connectivity index (χ4n) is 2.26. The molecule has 0 saturated heterocycles. The van der Waals surface area contributed by atoms with Gasteiger partial charge in [0.15, 0.2) is 6.61 Å². The van der Waals surface area contributed by atoms with Gasteiger partial charge in [-0.05, 0) is 36.3 Å². The van der Waals surface area contributed by atoms with Gasteiger partial charge in [-0.3, -0.25) is 4.79 Å². The molecule has 0 saturated carbocycles. The van der Waals surface area contributed by atoms with E-state index < -0.39 is 24.5 Å². The van der Waals surface area contributed by atoms with E-state index in [4.69, 9.17) is 13.9 Å². The zero-order valence-electron chi connectivity index (χ0n) is 14.9. The van der Waals surface area contributed by atoms with Crippen molar-refractivity contribution >= 4 is 34.2 Å². The number of thiophene rings is 1. The normalized spacial score (nSPS) is 10.6. The molecule has 8 heteroatoms. The number of amides is 1. The molecule has 1 amide bonds. The second kappa shape index (κ2) is 9.19. The highest BCUT2D eigenvalue weighted by molar-refractivity contribution is 7.15. The van der Waals surface area contributed by atoms with E-state index in [0.717, 1.165) is 5.56 Å². The third kappa shape index (κ3) is 5.19. The van der Waals surface area contributed by atoms with Crippen LogP contribution in [-0.2, 0) is 20.7 Å². The summed E-state index contributed by atoms with van der Waals surface area (Å²) in [5.41, 5.74) is 1.41. The summed E-state index contributed by atoms with van der Waals surface area (Å²) in [4.78, 5) is 36.1. The molecule has 26 heavy (non-hydrogen) atoms. The standard InChI is InChI=1S/C18H21NO6S/c1-4-24-18(22)15-13(7-11(2)3)10-26-16(15)19-14(20)9-25-17(21)12-5-6-23-8-12/h5-6,8,10-11H,4,7,9H2,1-3H3,(H,19,20). The first-order valence-corrected chi connectivity index (χ1v) is 9.07. The van der Waals surface area contributed by atoms with Gasteiger partial charge in [-0.2, -0.15) is 0 Å². The Morgan fingerprint density at radius 3 is 2.62 bits per heavy atom. The molecular weight excluding hydrogens is 358 g/mol. The van der Waals surface area contributed by atoms with Gasteiger partial charge in [-0.1, -0.05) is 13.8 Å². The van der Waals surface area contributed by atoms with Crippen molar-refractivity contribution in [3.8, 4) is 0 Å². The van der Waals surface area contributed by atoms with E-state index in [0.29, 0.717) is 22.9 Å². The summed E-state index contributed by atoms with van der Waals surface area (Å²) >= 11 is 1.24. The zero-order valence-corrected chi connectivity index (χ0v) is 15.7. The maximum absolute atomic E-state index is 12.3. The van der Waals surface area contributed by atoms with Gasteiger partial charge >= 0.3 is 11.9 Å². The zero-order chi connectivity index (χ0) is 19.1. The molecule has 0 spiro atoms. The first kappa shape index (κ1) is 19.7. The van der Waals surface area contributed by atoms with Crippen LogP contribution in [0.1, 0.15) is 47.1 Å². The van der Waals surface area contributed by atoms with Crippen molar-refractivity contribution in [3.63, 3.8) is 0 Å². The minimum absolute atomic E-state index is 0.223. The van der Waals surface area contributed by atoms with Crippen LogP contribution in [0.2, 0.25) is 0 Å². The topological polar surface area (TPSA) is 94.8 Å². The van der Waals surface area contributed by atoms with Crippen LogP contribution in [0, 0.1) is 5.92 Å². The second-order valence-corrected chi connectivity index (χ2v) is 6.80. The molecule has 140 valence electrons. The van der Waals surface area contributed by atoms with Gasteiger partial charge in [0, 0.05) is 0 Å². The number of carbonyl (C=O) groups is 3. The molecule has 1 N–H and O–H groups in total. The molecule has 2 aromatic rings. The molecule has 2 heterocycles. The Morgan fingerprint density at radius 2 is 2.00 bits per heavy atom. The average Bonchev–Trinajstić information content (AvgIpc) is 3.23. The lowest BCUT2D eigenvalue weighted by molar-refractivity contribution is -0.119. The van der Waals surface area contributed by atoms with E-state index in [1.807, 2.05) is 19.2 Å². The largest absolute Gasteiger partial charge is 0.472 e. The summed E-state index contributed by atoms with van der Waals surface area (Å²) in [6.07, 6.45) is 3.26. The summed E-state index contributed by atoms with van der Waals surface area (Å²) in [5, 5.41) is 4.85. The van der Waals surface area contributed by atoms with Crippen LogP contribution in [-0.4, -0.2) is 31.1 Å². The number of esters is 2. The van der Waals surface area contributed by atoms with E-state index >= 15 is 0 Å². The number of furan rings is 1. The van der Waals surface area contributed by atoms with Gasteiger partial charge in [0.25, 0.3) is 5.91 Å². The Balaban J connectivity index is 2.05. The van der Waals surface area contributed by atoms with E-state index in [2.05, 4.69) is 5.32 Å². The predicted octanol–water partition coefficient (Wildman–Crippen LogP) is 3.51. The molecule has 2 rings (SSSR count). The van der Waals surface area contributed by atoms with Crippen molar-refractivity contribution in [2.24, 2.45) is 5.92 Å². The summed E-state index contributed by atoms with van der Waals surface area (Å²) in [7, 11) is 0. The van der Waals surface area contributed by atoms with E-state index in [9.17, 15) is 14.4 Å². The van der Waals surface area contributed by atoms with E-state index in [1.165, 1.54) is 29.9 Å². The van der Waals surface area contributed by atoms with Gasteiger partial charge in [-0.25, -0.2) is 9.59 Å². The number of hydrogen-bond donors (Lipinski definition) is 1. The summed E-state index contributed by atoms with van der Waals surface area (Å²) in [5.74, 6) is -1.33. The summed E-state index contributed by atoms with van der Waals surface area (Å²) < 4.78 is 14.8. The van der Waals surface area contributed by atoms with Crippen molar-refractivity contribution in [2.45, 2.75) is 27.2 Å². The molecule has 0 aliphatic rings. The van der Waals surface area contributed by atoms with Gasteiger partial charge in [0.05, 0.1) is 24.0 Å². The molecule has 0 aliphatic heterocycles. The molecule has 0 aromatic carbocycles. The molecule has 0 radical (unpaired) electrons. The van der Waals surface area contributed by atoms with Crippen LogP contribution < -0.4 is 5.32 Å². The monoisotopic (exact) mass is 379 g/mol. The molecule has 7 nitrogen and oxygen atoms in total. The summed E-state index contributed by atoms with van der Waals surface area (Å²) in [6, 6.07) is 1.44. The highest BCUT2D eigenvalue weighted by Gasteiger charge is 2.22. The molecule has 0 bridgehead atoms. The lowest BCUT2D eigenvalue weighted by atomic mass is 10.0. The Labute approximate surface area is 155 Å². The highest BCUT2D eigenvalue weighted by atomic mass is 32.1. The third-order valence-electron chi connectivity index (χ3n) is 3.32. The van der Waals surface area contributed by atoms with Crippen LogP contribution in [0.15, 0.2) is 28.4 Å². The van der Waals surface area contributed by atoms with Gasteiger partial charge < -0.3 is 19.2 Å². The van der Waals surface area contributed by atoms with E-state index in [-0.39, 0.29) is 12.2 Å². The van der Waals surface area contributed by atoms with Crippen molar-refractivity contribution in [1.82, 2.24) is 0 Å². The molecule has 0 fully saturated rings. The lowest BCUT2D eigenvalue weighted by Gasteiger charge is -2.10. The Morgan fingerprint density at radius 1 is 1.23 bits per heavy atom. The van der Waals surface area contributed by atoms with Crippen LogP contribution in [0.25, 0.3) is 0 Å². The van der Waals surface area contributed by atoms with Crippen LogP contribution >= 0.6 is 11.3 Å². The van der Waals surface area contributed by atoms with Crippen LogP contribution in [0.4, 0.5) is 5.00 Å². The number of nitrogens with one attached hydrogen (secondary N) is 1. The number of carbonyl (C=O) groups excluding carboxylic acids is 3. The molecule has 0 atom stereocenters. The first-order chi connectivity index (χ1) is 12.4. The minimum Gasteiger partial charge on any atom is -0.472 e. The van der Waals surface area contributed by atoms with Crippen molar-refractivity contribution in [3.05, 3.63) is 40.7 Å². The van der Waals surface area contributed by atoms with Crippen LogP contribution in [0.3, 0.4) is 0 Å². The van der Waals surface area contributed by atoms with Gasteiger partial charge in [0.1, 0.15) is 11.3 Å². The predicted molar refractivity (Wildman–Crippen MR) is 96.4 cm³/mol. The highest BCUT2D eigenvalue weighted by Crippen LogP contribution is 2.30. The smallest absolute Gasteiger partial charge is 0.341 e. The van der Waals surface area contributed by atoms with Crippen molar-refractivity contribution in [2.75, 3.05) is 18.5 Å². The fourth-order valence-corrected chi connectivity index (χ4v) is 3.24. The van der Waals surface area contributed by atoms with Gasteiger partial charge in [-0.15, -0.1) is 11.3 Å². The first-order valence-electron chi connectivity index (χ1n) is 8.19. The van der Waals surface area contributed by atoms with Crippen molar-refractivity contribution < 1.29 is 28.3 Å². The second-order valence-electron chi connectivity index (χ2n) is 5.92. The summed E-state index contributed by atoms with van der Waals surface area (Å²) in [6.45, 7) is 5.58. The number of anilines is 1. The maximum Gasteiger partial charge on any atom is 0.341 e. The van der Waals surface area contributed by atoms with Gasteiger partial charge in [0.2, 0.25) is 0 Å². The number of ether oxygens (including phenoxy) is 2. The molecule has 2 aromatic heterocycles. The minimum atomic E-state index is -0.661. The Bertz CT molecular complexity index is 763. The average molecular weight is 379 g/mol. The Hall–Kier alpha value is -2.61.